The fourth-order valence-electron chi connectivity index (χ4n) is 3.21. The first-order valence-electron chi connectivity index (χ1n) is 9.91. The summed E-state index contributed by atoms with van der Waals surface area (Å²) in [5.74, 6) is -2.08. The summed E-state index contributed by atoms with van der Waals surface area (Å²) in [6.07, 6.45) is 4.50. The van der Waals surface area contributed by atoms with Crippen molar-refractivity contribution >= 4 is 32.8 Å². The fraction of sp³-hybridized carbons (Fsp3) is 0.0909. The predicted octanol–water partition coefficient (Wildman–Crippen LogP) is 1.85. The van der Waals surface area contributed by atoms with Gasteiger partial charge in [0.15, 0.2) is 0 Å². The lowest BCUT2D eigenvalue weighted by Gasteiger charge is -2.08. The average Bonchev–Trinajstić information content (AvgIpc) is 3.26. The van der Waals surface area contributed by atoms with Crippen LogP contribution in [-0.2, 0) is 21.4 Å². The Bertz CT molecular complexity index is 1470. The highest BCUT2D eigenvalue weighted by Crippen LogP contribution is 2.21. The van der Waals surface area contributed by atoms with Crippen LogP contribution in [0.3, 0.4) is 0 Å². The second kappa shape index (κ2) is 9.37. The second-order valence-electron chi connectivity index (χ2n) is 7.20. The van der Waals surface area contributed by atoms with Crippen LogP contribution in [0, 0.1) is 5.82 Å². The number of rotatable bonds is 8. The number of hydrogen-bond acceptors (Lipinski definition) is 6. The number of amides is 1. The Morgan fingerprint density at radius 2 is 1.71 bits per heavy atom. The molecule has 3 N–H and O–H groups in total. The van der Waals surface area contributed by atoms with Gasteiger partial charge in [0, 0.05) is 18.1 Å². The van der Waals surface area contributed by atoms with Crippen molar-refractivity contribution in [3.63, 3.8) is 0 Å². The maximum absolute atomic E-state index is 13.2. The molecule has 4 rings (SSSR count). The van der Waals surface area contributed by atoms with E-state index in [1.165, 1.54) is 48.8 Å². The number of nitrogens with one attached hydrogen (secondary N) is 2. The first-order valence-corrected chi connectivity index (χ1v) is 11.4. The zero-order valence-corrected chi connectivity index (χ0v) is 18.3. The Balaban J connectivity index is 1.48. The number of carboxylic acids is 1. The van der Waals surface area contributed by atoms with Crippen LogP contribution >= 0.6 is 0 Å². The van der Waals surface area contributed by atoms with Crippen LogP contribution in [0.5, 0.6) is 0 Å². The number of benzene rings is 2. The number of pyridine rings is 1. The highest BCUT2D eigenvalue weighted by atomic mass is 32.2. The van der Waals surface area contributed by atoms with Crippen molar-refractivity contribution in [2.24, 2.45) is 0 Å². The van der Waals surface area contributed by atoms with Gasteiger partial charge in [0.1, 0.15) is 12.4 Å². The summed E-state index contributed by atoms with van der Waals surface area (Å²) in [4.78, 5) is 27.4. The molecule has 0 saturated carbocycles. The van der Waals surface area contributed by atoms with E-state index in [0.717, 1.165) is 0 Å². The third-order valence-electron chi connectivity index (χ3n) is 4.91. The molecule has 0 radical (unpaired) electrons. The Morgan fingerprint density at radius 1 is 1.00 bits per heavy atom. The van der Waals surface area contributed by atoms with Crippen LogP contribution in [0.2, 0.25) is 0 Å². The van der Waals surface area contributed by atoms with Crippen LogP contribution in [0.15, 0.2) is 72.0 Å². The van der Waals surface area contributed by atoms with Crippen molar-refractivity contribution in [3.05, 3.63) is 84.1 Å². The van der Waals surface area contributed by atoms with Crippen molar-refractivity contribution in [1.29, 1.82) is 0 Å². The molecule has 0 atom stereocenters. The van der Waals surface area contributed by atoms with Crippen LogP contribution < -0.4 is 10.0 Å². The minimum absolute atomic E-state index is 0.0917. The third kappa shape index (κ3) is 4.92. The van der Waals surface area contributed by atoms with Crippen molar-refractivity contribution in [2.75, 3.05) is 6.54 Å². The number of fused-ring (bicyclic) bond motifs is 1. The van der Waals surface area contributed by atoms with Gasteiger partial charge in [-0.05, 0) is 42.0 Å². The van der Waals surface area contributed by atoms with Gasteiger partial charge >= 0.3 is 5.97 Å². The Hall–Kier alpha value is -4.16. The minimum atomic E-state index is -3.95. The molecule has 174 valence electrons. The summed E-state index contributed by atoms with van der Waals surface area (Å²) in [7, 11) is -3.95. The molecule has 2 aromatic carbocycles. The zero-order chi connectivity index (χ0) is 24.3. The van der Waals surface area contributed by atoms with E-state index in [0.29, 0.717) is 27.7 Å². The number of carboxylic acid groups (broad SMARTS) is 1. The van der Waals surface area contributed by atoms with Gasteiger partial charge in [-0.1, -0.05) is 12.1 Å². The molecule has 10 nitrogen and oxygen atoms in total. The number of aromatic nitrogens is 3. The highest BCUT2D eigenvalue weighted by molar-refractivity contribution is 7.89. The fourth-order valence-corrected chi connectivity index (χ4v) is 4.19. The van der Waals surface area contributed by atoms with Crippen LogP contribution in [-0.4, -0.2) is 46.7 Å². The van der Waals surface area contributed by atoms with Gasteiger partial charge in [-0.25, -0.2) is 17.5 Å². The quantitative estimate of drug-likeness (QED) is 0.347. The molecule has 0 aliphatic rings. The van der Waals surface area contributed by atoms with Gasteiger partial charge in [0.2, 0.25) is 10.0 Å². The normalized spacial score (nSPS) is 11.4. The van der Waals surface area contributed by atoms with E-state index in [2.05, 4.69) is 15.4 Å². The molecule has 0 bridgehead atoms. The minimum Gasteiger partial charge on any atom is -0.480 e. The molecule has 0 saturated heterocycles. The number of hydrogen-bond donors (Lipinski definition) is 3. The summed E-state index contributed by atoms with van der Waals surface area (Å²) in [6.45, 7) is -0.609. The molecule has 0 fully saturated rings. The SMILES string of the molecule is O=C(O)CNS(=O)(=O)c1ccc(CNC(=O)c2cncc3c2cnn3-c2ccc(F)cc2)cc1. The molecule has 2 aromatic heterocycles. The molecule has 12 heteroatoms. The van der Waals surface area contributed by atoms with E-state index >= 15 is 0 Å². The van der Waals surface area contributed by atoms with Crippen LogP contribution in [0.25, 0.3) is 16.6 Å². The number of carbonyl (C=O) groups excluding carboxylic acids is 1. The zero-order valence-electron chi connectivity index (χ0n) is 17.5. The smallest absolute Gasteiger partial charge is 0.318 e. The standard InChI is InChI=1S/C22H18FN5O5S/c23-15-3-5-16(6-4-15)28-20-12-24-10-19(18(20)11-26-28)22(31)25-9-14-1-7-17(8-2-14)34(32,33)27-13-21(29)30/h1-8,10-12,27H,9,13H2,(H,25,31)(H,29,30). The van der Waals surface area contributed by atoms with E-state index in [1.54, 1.807) is 23.0 Å². The Kier molecular flexibility index (Phi) is 6.34. The van der Waals surface area contributed by atoms with Crippen molar-refractivity contribution in [2.45, 2.75) is 11.4 Å². The molecule has 0 aliphatic heterocycles. The van der Waals surface area contributed by atoms with Gasteiger partial charge < -0.3 is 10.4 Å². The Labute approximate surface area is 193 Å². The number of aliphatic carboxylic acids is 1. The first-order chi connectivity index (χ1) is 16.2. The maximum Gasteiger partial charge on any atom is 0.318 e. The van der Waals surface area contributed by atoms with Crippen LogP contribution in [0.4, 0.5) is 4.39 Å². The largest absolute Gasteiger partial charge is 0.480 e. The van der Waals surface area contributed by atoms with Crippen molar-refractivity contribution in [3.8, 4) is 5.69 Å². The maximum atomic E-state index is 13.2. The lowest BCUT2D eigenvalue weighted by atomic mass is 10.1. The molecule has 1 amide bonds. The van der Waals surface area contributed by atoms with Gasteiger partial charge in [0.05, 0.1) is 34.1 Å². The number of nitrogens with zero attached hydrogens (tertiary/aromatic N) is 3. The van der Waals surface area contributed by atoms with E-state index in [9.17, 15) is 22.4 Å². The van der Waals surface area contributed by atoms with Gasteiger partial charge in [-0.2, -0.15) is 9.82 Å². The van der Waals surface area contributed by atoms with Crippen molar-refractivity contribution in [1.82, 2.24) is 24.8 Å². The van der Waals surface area contributed by atoms with E-state index in [-0.39, 0.29) is 17.3 Å². The lowest BCUT2D eigenvalue weighted by Crippen LogP contribution is -2.29. The highest BCUT2D eigenvalue weighted by Gasteiger charge is 2.17. The molecular formula is C22H18FN5O5S. The lowest BCUT2D eigenvalue weighted by molar-refractivity contribution is -0.135. The number of sulfonamides is 1. The van der Waals surface area contributed by atoms with Gasteiger partial charge in [-0.3, -0.25) is 14.6 Å². The van der Waals surface area contributed by atoms with E-state index in [1.807, 2.05) is 4.72 Å². The molecule has 0 aliphatic carbocycles. The Morgan fingerprint density at radius 3 is 2.38 bits per heavy atom. The van der Waals surface area contributed by atoms with Crippen LogP contribution in [0.1, 0.15) is 15.9 Å². The topological polar surface area (TPSA) is 143 Å². The molecular weight excluding hydrogens is 465 g/mol. The molecule has 0 spiro atoms. The average molecular weight is 483 g/mol. The second-order valence-corrected chi connectivity index (χ2v) is 8.96. The van der Waals surface area contributed by atoms with Gasteiger partial charge in [-0.15, -0.1) is 0 Å². The predicted molar refractivity (Wildman–Crippen MR) is 119 cm³/mol. The summed E-state index contributed by atoms with van der Waals surface area (Å²) in [5.41, 5.74) is 2.11. The van der Waals surface area contributed by atoms with E-state index in [4.69, 9.17) is 5.11 Å². The summed E-state index contributed by atoms with van der Waals surface area (Å²) in [6, 6.07) is 11.4. The number of carbonyl (C=O) groups is 2. The summed E-state index contributed by atoms with van der Waals surface area (Å²) >= 11 is 0. The molecule has 0 unspecified atom stereocenters. The van der Waals surface area contributed by atoms with Gasteiger partial charge in [0.25, 0.3) is 5.91 Å². The van der Waals surface area contributed by atoms with Crippen molar-refractivity contribution < 1.29 is 27.5 Å². The molecule has 4 aromatic rings. The first kappa shape index (κ1) is 23.0. The number of halogens is 1. The third-order valence-corrected chi connectivity index (χ3v) is 6.33. The molecule has 2 heterocycles. The van der Waals surface area contributed by atoms with E-state index < -0.39 is 28.4 Å². The summed E-state index contributed by atoms with van der Waals surface area (Å²) in [5, 5.41) is 16.2. The molecule has 34 heavy (non-hydrogen) atoms. The monoisotopic (exact) mass is 483 g/mol. The summed E-state index contributed by atoms with van der Waals surface area (Å²) < 4.78 is 40.9.